The lowest BCUT2D eigenvalue weighted by molar-refractivity contribution is -0.150. The first-order chi connectivity index (χ1) is 23.5. The number of nitrogens with one attached hydrogen (secondary N) is 1. The molecule has 0 unspecified atom stereocenters. The second kappa shape index (κ2) is 15.5. The summed E-state index contributed by atoms with van der Waals surface area (Å²) >= 11 is 1.53. The number of amides is 2. The van der Waals surface area contributed by atoms with E-state index in [2.05, 4.69) is 32.3 Å². The zero-order valence-corrected chi connectivity index (χ0v) is 30.0. The maximum atomic E-state index is 14.1. The molecule has 2 heterocycles. The lowest BCUT2D eigenvalue weighted by atomic mass is 9.93. The number of rotatable bonds is 16. The maximum absolute atomic E-state index is 14.1. The van der Waals surface area contributed by atoms with Gasteiger partial charge in [0.2, 0.25) is 11.8 Å². The number of esters is 1. The number of pyridine rings is 1. The molecule has 0 aliphatic heterocycles. The number of aromatic nitrogens is 2. The Bertz CT molecular complexity index is 1700. The number of unbranched alkanes of at least 4 members (excludes halogenated alkanes) is 2. The number of ether oxygens (including phenoxy) is 3. The number of methoxy groups -OCH3 is 1. The largest absolute Gasteiger partial charge is 0.497 e. The number of hydrogen-bond donors (Lipinski definition) is 1. The molecule has 11 heteroatoms. The Balaban J connectivity index is 1.45. The smallest absolute Gasteiger partial charge is 0.332 e. The first-order valence-corrected chi connectivity index (χ1v) is 18.0. The molecule has 49 heavy (non-hydrogen) atoms. The first-order valence-electron chi connectivity index (χ1n) is 17.1. The van der Waals surface area contributed by atoms with E-state index in [1.165, 1.54) is 11.3 Å². The third-order valence-corrected chi connectivity index (χ3v) is 10.5. The van der Waals surface area contributed by atoms with Crippen molar-refractivity contribution in [3.8, 4) is 22.2 Å². The topological polar surface area (TPSA) is 120 Å². The molecule has 0 saturated heterocycles. The fourth-order valence-electron chi connectivity index (χ4n) is 6.61. The number of allylic oxidation sites excluding steroid dienone is 1. The number of carbonyl (C=O) groups excluding carboxylic acids is 3. The standard InChI is InChI=1S/C38H48N4O6S/c1-8-11-12-13-16-42(6)36(44)29-18-26(17-28(29)34(43)41-38(21-24(38)9-2)37(45)47-10-3)48-33-20-31(35-40-32(22-49-35)23(4)5)39-30-19-25(46-7)14-15-27(30)33/h8-9,14-15,19-20,22-24,26,28-29H,1-2,10-13,16-18,21H2,3-7H3,(H,41,43)/t24-,26-,28-,29-,38-/m1/s1. The van der Waals surface area contributed by atoms with Gasteiger partial charge in [0.05, 0.1) is 36.8 Å². The van der Waals surface area contributed by atoms with Crippen LogP contribution in [0.1, 0.15) is 70.9 Å². The highest BCUT2D eigenvalue weighted by molar-refractivity contribution is 7.13. The monoisotopic (exact) mass is 688 g/mol. The molecule has 2 amide bonds. The van der Waals surface area contributed by atoms with Crippen LogP contribution in [0.2, 0.25) is 0 Å². The zero-order chi connectivity index (χ0) is 35.3. The summed E-state index contributed by atoms with van der Waals surface area (Å²) < 4.78 is 17.6. The van der Waals surface area contributed by atoms with Gasteiger partial charge in [0.15, 0.2) is 0 Å². The number of thiazole rings is 1. The van der Waals surface area contributed by atoms with Crippen molar-refractivity contribution in [2.45, 2.75) is 76.9 Å². The van der Waals surface area contributed by atoms with Crippen molar-refractivity contribution in [3.63, 3.8) is 0 Å². The van der Waals surface area contributed by atoms with Gasteiger partial charge in [0, 0.05) is 42.4 Å². The predicted octanol–water partition coefficient (Wildman–Crippen LogP) is 6.70. The van der Waals surface area contributed by atoms with E-state index in [-0.39, 0.29) is 30.3 Å². The highest BCUT2D eigenvalue weighted by Gasteiger charge is 2.62. The number of fused-ring (bicyclic) bond motifs is 1. The SMILES string of the molecule is C=CCCCCN(C)C(=O)[C@@H]1C[C@H](Oc2cc(-c3nc(C(C)C)cs3)nc3cc(OC)ccc23)C[C@H]1C(=O)N[C@]1(C(=O)OCC)C[C@H]1C=C. The fraction of sp³-hybridized carbons (Fsp3) is 0.500. The summed E-state index contributed by atoms with van der Waals surface area (Å²) in [7, 11) is 3.39. The van der Waals surface area contributed by atoms with Crippen LogP contribution in [0, 0.1) is 17.8 Å². The van der Waals surface area contributed by atoms with Gasteiger partial charge < -0.3 is 24.4 Å². The van der Waals surface area contributed by atoms with Crippen LogP contribution < -0.4 is 14.8 Å². The first kappa shape index (κ1) is 36.0. The normalized spacial score (nSPS) is 22.8. The molecule has 5 rings (SSSR count). The van der Waals surface area contributed by atoms with Gasteiger partial charge >= 0.3 is 5.97 Å². The molecule has 2 aliphatic rings. The summed E-state index contributed by atoms with van der Waals surface area (Å²) in [5.74, 6) is -0.968. The molecule has 0 bridgehead atoms. The highest BCUT2D eigenvalue weighted by atomic mass is 32.1. The number of nitrogens with zero attached hydrogens (tertiary/aromatic N) is 3. The Kier molecular flexibility index (Phi) is 11.4. The molecule has 1 aromatic carbocycles. The Hall–Kier alpha value is -4.25. The molecule has 3 aromatic rings. The Morgan fingerprint density at radius 1 is 1.14 bits per heavy atom. The minimum absolute atomic E-state index is 0.111. The van der Waals surface area contributed by atoms with Crippen LogP contribution in [0.3, 0.4) is 0 Å². The molecule has 262 valence electrons. The lowest BCUT2D eigenvalue weighted by Crippen LogP contribution is -2.50. The molecule has 2 aliphatic carbocycles. The van der Waals surface area contributed by atoms with E-state index in [9.17, 15) is 14.4 Å². The molecule has 0 spiro atoms. The third-order valence-electron chi connectivity index (χ3n) is 9.59. The van der Waals surface area contributed by atoms with Crippen molar-refractivity contribution in [2.24, 2.45) is 17.8 Å². The van der Waals surface area contributed by atoms with Gasteiger partial charge in [-0.15, -0.1) is 24.5 Å². The van der Waals surface area contributed by atoms with Crippen LogP contribution in [-0.4, -0.2) is 71.6 Å². The summed E-state index contributed by atoms with van der Waals surface area (Å²) in [5.41, 5.74) is 1.19. The van der Waals surface area contributed by atoms with Gasteiger partial charge in [-0.1, -0.05) is 26.0 Å². The van der Waals surface area contributed by atoms with E-state index in [1.807, 2.05) is 35.7 Å². The summed E-state index contributed by atoms with van der Waals surface area (Å²) in [6.45, 7) is 14.3. The zero-order valence-electron chi connectivity index (χ0n) is 29.2. The van der Waals surface area contributed by atoms with Gasteiger partial charge in [-0.2, -0.15) is 0 Å². The van der Waals surface area contributed by atoms with Crippen molar-refractivity contribution >= 4 is 40.0 Å². The van der Waals surface area contributed by atoms with Crippen molar-refractivity contribution in [3.05, 3.63) is 60.6 Å². The molecule has 2 fully saturated rings. The second-order valence-corrected chi connectivity index (χ2v) is 14.2. The minimum Gasteiger partial charge on any atom is -0.497 e. The van der Waals surface area contributed by atoms with Gasteiger partial charge in [-0.25, -0.2) is 14.8 Å². The Morgan fingerprint density at radius 2 is 1.92 bits per heavy atom. The quantitative estimate of drug-likeness (QED) is 0.100. The van der Waals surface area contributed by atoms with Gasteiger partial charge in [0.25, 0.3) is 0 Å². The number of hydrogen-bond acceptors (Lipinski definition) is 9. The van der Waals surface area contributed by atoms with Crippen molar-refractivity contribution in [1.82, 2.24) is 20.2 Å². The van der Waals surface area contributed by atoms with Crippen LogP contribution in [0.5, 0.6) is 11.5 Å². The molecule has 2 aromatic heterocycles. The summed E-state index contributed by atoms with van der Waals surface area (Å²) in [6.07, 6.45) is 6.78. The fourth-order valence-corrected chi connectivity index (χ4v) is 7.55. The van der Waals surface area contributed by atoms with E-state index in [4.69, 9.17) is 24.2 Å². The van der Waals surface area contributed by atoms with E-state index in [0.29, 0.717) is 48.5 Å². The Morgan fingerprint density at radius 3 is 2.57 bits per heavy atom. The van der Waals surface area contributed by atoms with E-state index in [1.54, 1.807) is 32.1 Å². The minimum atomic E-state index is -1.16. The molecular weight excluding hydrogens is 641 g/mol. The van der Waals surface area contributed by atoms with Crippen molar-refractivity contribution < 1.29 is 28.6 Å². The van der Waals surface area contributed by atoms with E-state index < -0.39 is 29.4 Å². The van der Waals surface area contributed by atoms with E-state index >= 15 is 0 Å². The second-order valence-electron chi connectivity index (χ2n) is 13.3. The molecular formula is C38H48N4O6S. The van der Waals surface area contributed by atoms with E-state index in [0.717, 1.165) is 35.4 Å². The van der Waals surface area contributed by atoms with Crippen LogP contribution in [0.4, 0.5) is 0 Å². The number of benzene rings is 1. The maximum Gasteiger partial charge on any atom is 0.332 e. The van der Waals surface area contributed by atoms with Gasteiger partial charge in [-0.3, -0.25) is 9.59 Å². The van der Waals surface area contributed by atoms with Crippen LogP contribution in [0.25, 0.3) is 21.6 Å². The van der Waals surface area contributed by atoms with Gasteiger partial charge in [0.1, 0.15) is 33.8 Å². The summed E-state index contributed by atoms with van der Waals surface area (Å²) in [6, 6.07) is 7.52. The van der Waals surface area contributed by atoms with Crippen LogP contribution in [0.15, 0.2) is 55.0 Å². The summed E-state index contributed by atoms with van der Waals surface area (Å²) in [4.78, 5) is 52.5. The van der Waals surface area contributed by atoms with Crippen molar-refractivity contribution in [2.75, 3.05) is 27.3 Å². The third kappa shape index (κ3) is 7.82. The molecule has 10 nitrogen and oxygen atoms in total. The number of carbonyl (C=O) groups is 3. The van der Waals surface area contributed by atoms with Crippen LogP contribution >= 0.6 is 11.3 Å². The average Bonchev–Trinajstić information content (AvgIpc) is 3.38. The van der Waals surface area contributed by atoms with Crippen LogP contribution in [-0.2, 0) is 19.1 Å². The molecule has 1 N–H and O–H groups in total. The van der Waals surface area contributed by atoms with Crippen molar-refractivity contribution in [1.29, 1.82) is 0 Å². The van der Waals surface area contributed by atoms with Gasteiger partial charge in [-0.05, 0) is 63.5 Å². The average molecular weight is 689 g/mol. The Labute approximate surface area is 292 Å². The highest BCUT2D eigenvalue weighted by Crippen LogP contribution is 2.47. The molecule has 0 radical (unpaired) electrons. The molecule has 2 saturated carbocycles. The lowest BCUT2D eigenvalue weighted by Gasteiger charge is -2.26. The molecule has 5 atom stereocenters. The summed E-state index contributed by atoms with van der Waals surface area (Å²) in [5, 5.41) is 6.60. The predicted molar refractivity (Wildman–Crippen MR) is 192 cm³/mol.